The van der Waals surface area contributed by atoms with Gasteiger partial charge in [-0.15, -0.1) is 11.6 Å². The average Bonchev–Trinajstić information content (AvgIpc) is 2.41. The zero-order valence-corrected chi connectivity index (χ0v) is 16.8. The van der Waals surface area contributed by atoms with Gasteiger partial charge in [-0.3, -0.25) is 4.79 Å². The van der Waals surface area contributed by atoms with Gasteiger partial charge >= 0.3 is 5.97 Å². The van der Waals surface area contributed by atoms with Gasteiger partial charge in [0.15, 0.2) is 0 Å². The van der Waals surface area contributed by atoms with Crippen molar-refractivity contribution < 1.29 is 9.53 Å². The Labute approximate surface area is 153 Å². The lowest BCUT2D eigenvalue weighted by molar-refractivity contribution is -0.162. The number of alkyl halides is 1. The Morgan fingerprint density at radius 2 is 1.86 bits per heavy atom. The molecule has 0 heterocycles. The van der Waals surface area contributed by atoms with Crippen LogP contribution in [0.2, 0.25) is 0 Å². The number of hydrogen-bond donors (Lipinski definition) is 0. The maximum atomic E-state index is 12.8. The number of ether oxygens (including phenoxy) is 1. The maximum absolute atomic E-state index is 12.8. The molecule has 0 spiro atoms. The summed E-state index contributed by atoms with van der Waals surface area (Å²) in [6, 6.07) is 8.13. The van der Waals surface area contributed by atoms with Crippen LogP contribution in [-0.4, -0.2) is 17.5 Å². The zero-order chi connectivity index (χ0) is 16.8. The van der Waals surface area contributed by atoms with Gasteiger partial charge in [-0.25, -0.2) is 0 Å². The van der Waals surface area contributed by atoms with Crippen molar-refractivity contribution in [1.29, 1.82) is 0 Å². The van der Waals surface area contributed by atoms with Crippen molar-refractivity contribution in [3.8, 4) is 0 Å². The summed E-state index contributed by atoms with van der Waals surface area (Å²) < 4.78 is 6.82. The van der Waals surface area contributed by atoms with E-state index < -0.39 is 11.0 Å². The van der Waals surface area contributed by atoms with Gasteiger partial charge in [0, 0.05) is 9.45 Å². The van der Waals surface area contributed by atoms with Crippen LogP contribution in [0.4, 0.5) is 0 Å². The van der Waals surface area contributed by atoms with E-state index in [2.05, 4.69) is 28.7 Å². The maximum Gasteiger partial charge on any atom is 0.316 e. The van der Waals surface area contributed by atoms with E-state index in [1.165, 1.54) is 0 Å². The first-order valence-corrected chi connectivity index (χ1v) is 9.36. The minimum atomic E-state index is -0.610. The van der Waals surface area contributed by atoms with Crippen LogP contribution < -0.4 is 0 Å². The van der Waals surface area contributed by atoms with E-state index in [0.717, 1.165) is 34.8 Å². The second-order valence-corrected chi connectivity index (χ2v) is 8.47. The summed E-state index contributed by atoms with van der Waals surface area (Å²) in [6.45, 7) is 7.72. The number of hydrogen-bond acceptors (Lipinski definition) is 2. The van der Waals surface area contributed by atoms with Crippen LogP contribution in [0.3, 0.4) is 0 Å². The lowest BCUT2D eigenvalue weighted by atomic mass is 9.78. The van der Waals surface area contributed by atoms with Crippen molar-refractivity contribution in [2.45, 2.75) is 64.4 Å². The molecular weight excluding hydrogens is 411 g/mol. The molecule has 1 aromatic carbocycles. The number of halogens is 2. The molecule has 1 unspecified atom stereocenters. The van der Waals surface area contributed by atoms with E-state index >= 15 is 0 Å². The summed E-state index contributed by atoms with van der Waals surface area (Å²) in [6.07, 6.45) is 3.76. The number of unbranched alkanes of at least 4 members (excludes halogenated alkanes) is 2. The predicted molar refractivity (Wildman–Crippen MR) is 102 cm³/mol. The van der Waals surface area contributed by atoms with Crippen LogP contribution in [0.5, 0.6) is 0 Å². The first-order chi connectivity index (χ1) is 10.2. The monoisotopic (exact) mass is 436 g/mol. The highest BCUT2D eigenvalue weighted by atomic mass is 127. The topological polar surface area (TPSA) is 26.3 Å². The van der Waals surface area contributed by atoms with Gasteiger partial charge in [-0.05, 0) is 80.8 Å². The molecule has 1 aromatic rings. The Hall–Kier alpha value is -0.290. The smallest absolute Gasteiger partial charge is 0.316 e. The highest BCUT2D eigenvalue weighted by Crippen LogP contribution is 2.33. The van der Waals surface area contributed by atoms with Gasteiger partial charge in [-0.2, -0.15) is 0 Å². The van der Waals surface area contributed by atoms with E-state index in [1.807, 2.05) is 45.9 Å². The molecule has 1 rings (SSSR count). The fourth-order valence-electron chi connectivity index (χ4n) is 2.34. The SMILES string of the molecule is CC(C)(C)OC(=O)C(C)(CCCCCCl)c1cccc(I)c1. The third kappa shape index (κ3) is 6.07. The normalized spacial score (nSPS) is 14.5. The minimum Gasteiger partial charge on any atom is -0.459 e. The van der Waals surface area contributed by atoms with Crippen LogP contribution in [0.1, 0.15) is 58.9 Å². The predicted octanol–water partition coefficient (Wildman–Crippen LogP) is 5.69. The molecule has 4 heteroatoms. The zero-order valence-electron chi connectivity index (χ0n) is 13.9. The van der Waals surface area contributed by atoms with Crippen molar-refractivity contribution in [3.63, 3.8) is 0 Å². The second-order valence-electron chi connectivity index (χ2n) is 6.84. The Bertz CT molecular complexity index is 496. The van der Waals surface area contributed by atoms with Crippen molar-refractivity contribution in [2.75, 3.05) is 5.88 Å². The molecule has 0 bridgehead atoms. The number of carbonyl (C=O) groups is 1. The largest absolute Gasteiger partial charge is 0.459 e. The number of benzene rings is 1. The molecular formula is C18H26ClIO2. The first kappa shape index (κ1) is 19.8. The fraction of sp³-hybridized carbons (Fsp3) is 0.611. The van der Waals surface area contributed by atoms with Crippen molar-refractivity contribution in [3.05, 3.63) is 33.4 Å². The Morgan fingerprint density at radius 3 is 2.41 bits per heavy atom. The molecule has 1 atom stereocenters. The third-order valence-corrected chi connectivity index (χ3v) is 4.56. The van der Waals surface area contributed by atoms with E-state index in [0.29, 0.717) is 5.88 Å². The molecule has 124 valence electrons. The molecule has 0 aliphatic rings. The number of rotatable bonds is 7. The highest BCUT2D eigenvalue weighted by molar-refractivity contribution is 14.1. The van der Waals surface area contributed by atoms with Gasteiger partial charge in [0.05, 0.1) is 5.41 Å². The van der Waals surface area contributed by atoms with Crippen molar-refractivity contribution in [1.82, 2.24) is 0 Å². The highest BCUT2D eigenvalue weighted by Gasteiger charge is 2.38. The molecule has 0 aliphatic heterocycles. The molecule has 0 aromatic heterocycles. The quantitative estimate of drug-likeness (QED) is 0.237. The van der Waals surface area contributed by atoms with Crippen LogP contribution in [-0.2, 0) is 14.9 Å². The van der Waals surface area contributed by atoms with Crippen molar-refractivity contribution >= 4 is 40.2 Å². The van der Waals surface area contributed by atoms with Gasteiger partial charge in [-0.1, -0.05) is 25.0 Å². The van der Waals surface area contributed by atoms with E-state index in [9.17, 15) is 4.79 Å². The van der Waals surface area contributed by atoms with Gasteiger partial charge in [0.1, 0.15) is 5.60 Å². The van der Waals surface area contributed by atoms with Crippen molar-refractivity contribution in [2.24, 2.45) is 0 Å². The number of carbonyl (C=O) groups excluding carboxylic acids is 1. The Balaban J connectivity index is 3.00. The van der Waals surface area contributed by atoms with Crippen LogP contribution in [0.25, 0.3) is 0 Å². The Kier molecular flexibility index (Phi) is 7.66. The summed E-state index contributed by atoms with van der Waals surface area (Å²) in [5, 5.41) is 0. The van der Waals surface area contributed by atoms with E-state index in [4.69, 9.17) is 16.3 Å². The molecule has 0 N–H and O–H groups in total. The molecule has 0 saturated heterocycles. The molecule has 0 saturated carbocycles. The fourth-order valence-corrected chi connectivity index (χ4v) is 3.07. The summed E-state index contributed by atoms with van der Waals surface area (Å²) in [5.74, 6) is 0.528. The Morgan fingerprint density at radius 1 is 1.18 bits per heavy atom. The summed E-state index contributed by atoms with van der Waals surface area (Å²) in [7, 11) is 0. The lowest BCUT2D eigenvalue weighted by Gasteiger charge is -2.32. The first-order valence-electron chi connectivity index (χ1n) is 7.74. The summed E-state index contributed by atoms with van der Waals surface area (Å²) in [4.78, 5) is 12.8. The van der Waals surface area contributed by atoms with E-state index in [-0.39, 0.29) is 5.97 Å². The van der Waals surface area contributed by atoms with Crippen LogP contribution >= 0.6 is 34.2 Å². The van der Waals surface area contributed by atoms with Gasteiger partial charge in [0.2, 0.25) is 0 Å². The summed E-state index contributed by atoms with van der Waals surface area (Å²) >= 11 is 8.02. The third-order valence-electron chi connectivity index (χ3n) is 3.62. The molecule has 0 fully saturated rings. The standard InChI is InChI=1S/C18H26ClIO2/c1-17(2,3)22-16(21)18(4,11-6-5-7-12-19)14-9-8-10-15(20)13-14/h8-10,13H,5-7,11-12H2,1-4H3. The van der Waals surface area contributed by atoms with Gasteiger partial charge < -0.3 is 4.74 Å². The van der Waals surface area contributed by atoms with E-state index in [1.54, 1.807) is 0 Å². The second kappa shape index (κ2) is 8.53. The molecule has 0 amide bonds. The molecule has 0 radical (unpaired) electrons. The van der Waals surface area contributed by atoms with Crippen LogP contribution in [0.15, 0.2) is 24.3 Å². The van der Waals surface area contributed by atoms with Crippen LogP contribution in [0, 0.1) is 3.57 Å². The molecule has 22 heavy (non-hydrogen) atoms. The lowest BCUT2D eigenvalue weighted by Crippen LogP contribution is -2.39. The average molecular weight is 437 g/mol. The molecule has 0 aliphatic carbocycles. The minimum absolute atomic E-state index is 0.145. The molecule has 2 nitrogen and oxygen atoms in total. The van der Waals surface area contributed by atoms with Gasteiger partial charge in [0.25, 0.3) is 0 Å². The number of esters is 1. The summed E-state index contributed by atoms with van der Waals surface area (Å²) in [5.41, 5.74) is -0.0588.